The number of para-hydroxylation sites is 1. The summed E-state index contributed by atoms with van der Waals surface area (Å²) in [7, 11) is 1.67. The fourth-order valence-corrected chi connectivity index (χ4v) is 3.15. The summed E-state index contributed by atoms with van der Waals surface area (Å²) in [6, 6.07) is 16.2. The third-order valence-corrected chi connectivity index (χ3v) is 4.66. The van der Waals surface area contributed by atoms with Gasteiger partial charge in [-0.25, -0.2) is 4.99 Å². The molecular weight excluding hydrogens is 354 g/mol. The monoisotopic (exact) mass is 383 g/mol. The Labute approximate surface area is 166 Å². The summed E-state index contributed by atoms with van der Waals surface area (Å²) in [4.78, 5) is 4.47. The first-order valence-corrected chi connectivity index (χ1v) is 9.65. The van der Waals surface area contributed by atoms with Gasteiger partial charge in [-0.15, -0.1) is 0 Å². The lowest BCUT2D eigenvalue weighted by Crippen LogP contribution is -2.23. The molecule has 0 radical (unpaired) electrons. The van der Waals surface area contributed by atoms with Gasteiger partial charge in [0, 0.05) is 31.6 Å². The first kappa shape index (κ1) is 20.3. The number of nitrogens with two attached hydrogens (primary N) is 1. The van der Waals surface area contributed by atoms with Crippen LogP contribution in [0.3, 0.4) is 0 Å². The quantitative estimate of drug-likeness (QED) is 0.539. The number of anilines is 1. The first-order valence-electron chi connectivity index (χ1n) is 9.65. The Morgan fingerprint density at radius 1 is 1.11 bits per heavy atom. The zero-order valence-electron chi connectivity index (χ0n) is 16.4. The maximum absolute atomic E-state index is 6.07. The van der Waals surface area contributed by atoms with E-state index in [1.807, 2.05) is 36.4 Å². The largest absolute Gasteiger partial charge is 0.381 e. The average molecular weight is 383 g/mol. The molecule has 1 heterocycles. The summed E-state index contributed by atoms with van der Waals surface area (Å²) in [5.74, 6) is 0.382. The van der Waals surface area contributed by atoms with Gasteiger partial charge in [-0.1, -0.05) is 42.5 Å². The van der Waals surface area contributed by atoms with Crippen LogP contribution in [-0.2, 0) is 34.0 Å². The van der Waals surface area contributed by atoms with Crippen molar-refractivity contribution in [2.45, 2.75) is 38.7 Å². The summed E-state index contributed by atoms with van der Waals surface area (Å²) in [6.07, 6.45) is 2.23. The van der Waals surface area contributed by atoms with Crippen molar-refractivity contribution in [3.8, 4) is 0 Å². The van der Waals surface area contributed by atoms with E-state index in [-0.39, 0.29) is 0 Å². The second kappa shape index (κ2) is 10.8. The van der Waals surface area contributed by atoms with E-state index >= 15 is 0 Å². The molecule has 0 atom stereocenters. The molecule has 6 nitrogen and oxygen atoms in total. The first-order chi connectivity index (χ1) is 13.7. The van der Waals surface area contributed by atoms with E-state index in [1.54, 1.807) is 7.11 Å². The highest BCUT2D eigenvalue weighted by Gasteiger charge is 2.14. The van der Waals surface area contributed by atoms with Crippen molar-refractivity contribution in [3.63, 3.8) is 0 Å². The van der Waals surface area contributed by atoms with E-state index in [9.17, 15) is 0 Å². The van der Waals surface area contributed by atoms with Gasteiger partial charge in [0.2, 0.25) is 0 Å². The molecule has 0 saturated carbocycles. The van der Waals surface area contributed by atoms with Crippen LogP contribution in [0.2, 0.25) is 0 Å². The average Bonchev–Trinajstić information content (AvgIpc) is 2.73. The van der Waals surface area contributed by atoms with Crippen molar-refractivity contribution in [1.82, 2.24) is 0 Å². The molecule has 28 heavy (non-hydrogen) atoms. The normalized spacial score (nSPS) is 15.5. The molecule has 2 aromatic rings. The fourth-order valence-electron chi connectivity index (χ4n) is 3.15. The summed E-state index contributed by atoms with van der Waals surface area (Å²) in [5.41, 5.74) is 10.3. The molecule has 0 bridgehead atoms. The van der Waals surface area contributed by atoms with E-state index in [0.29, 0.717) is 31.8 Å². The summed E-state index contributed by atoms with van der Waals surface area (Å²) in [5, 5.41) is 3.16. The Hall–Kier alpha value is -2.41. The number of nitrogens with one attached hydrogen (secondary N) is 1. The van der Waals surface area contributed by atoms with Crippen LogP contribution in [0.25, 0.3) is 0 Å². The Bertz CT molecular complexity index is 773. The smallest absolute Gasteiger partial charge is 0.193 e. The van der Waals surface area contributed by atoms with Crippen LogP contribution in [0.1, 0.15) is 29.5 Å². The lowest BCUT2D eigenvalue weighted by atomic mass is 10.1. The molecule has 0 amide bonds. The third-order valence-electron chi connectivity index (χ3n) is 4.66. The molecule has 150 valence electrons. The minimum atomic E-state index is 0.294. The minimum absolute atomic E-state index is 0.294. The van der Waals surface area contributed by atoms with Crippen molar-refractivity contribution in [1.29, 1.82) is 0 Å². The molecule has 0 aliphatic carbocycles. The third kappa shape index (κ3) is 6.34. The second-order valence-corrected chi connectivity index (χ2v) is 6.86. The fraction of sp³-hybridized carbons (Fsp3) is 0.409. The summed E-state index contributed by atoms with van der Waals surface area (Å²) in [6.45, 7) is 3.22. The zero-order valence-corrected chi connectivity index (χ0v) is 16.4. The van der Waals surface area contributed by atoms with Gasteiger partial charge in [-0.3, -0.25) is 0 Å². The van der Waals surface area contributed by atoms with E-state index < -0.39 is 0 Å². The van der Waals surface area contributed by atoms with Gasteiger partial charge < -0.3 is 25.3 Å². The van der Waals surface area contributed by atoms with Crippen LogP contribution < -0.4 is 11.1 Å². The van der Waals surface area contributed by atoms with E-state index in [2.05, 4.69) is 22.4 Å². The highest BCUT2D eigenvalue weighted by molar-refractivity contribution is 5.92. The number of rotatable bonds is 8. The molecule has 0 unspecified atom stereocenters. The van der Waals surface area contributed by atoms with E-state index in [4.69, 9.17) is 19.9 Å². The van der Waals surface area contributed by atoms with Crippen molar-refractivity contribution in [3.05, 3.63) is 65.2 Å². The Morgan fingerprint density at radius 2 is 1.89 bits per heavy atom. The lowest BCUT2D eigenvalue weighted by molar-refractivity contribution is -0.0390. The maximum atomic E-state index is 6.07. The second-order valence-electron chi connectivity index (χ2n) is 6.86. The van der Waals surface area contributed by atoms with Gasteiger partial charge in [0.15, 0.2) is 5.96 Å². The molecule has 0 spiro atoms. The van der Waals surface area contributed by atoms with Gasteiger partial charge >= 0.3 is 0 Å². The summed E-state index contributed by atoms with van der Waals surface area (Å²) < 4.78 is 16.6. The van der Waals surface area contributed by atoms with Crippen molar-refractivity contribution < 1.29 is 14.2 Å². The molecule has 2 aromatic carbocycles. The molecule has 3 rings (SSSR count). The predicted octanol–water partition coefficient (Wildman–Crippen LogP) is 3.46. The van der Waals surface area contributed by atoms with Gasteiger partial charge in [0.1, 0.15) is 0 Å². The van der Waals surface area contributed by atoms with Crippen LogP contribution in [0, 0.1) is 0 Å². The van der Waals surface area contributed by atoms with Crippen LogP contribution in [0.15, 0.2) is 53.5 Å². The SMILES string of the molecule is COCc1ccccc1NC(N)=NCc1cccc(COC2CCOCC2)c1. The molecular formula is C22H29N3O3. The van der Waals surface area contributed by atoms with Crippen LogP contribution >= 0.6 is 0 Å². The predicted molar refractivity (Wildman–Crippen MR) is 111 cm³/mol. The Kier molecular flexibility index (Phi) is 7.84. The van der Waals surface area contributed by atoms with Crippen LogP contribution in [0.5, 0.6) is 0 Å². The van der Waals surface area contributed by atoms with E-state index in [0.717, 1.165) is 48.4 Å². The number of methoxy groups -OCH3 is 1. The van der Waals surface area contributed by atoms with Crippen molar-refractivity contribution >= 4 is 11.6 Å². The lowest BCUT2D eigenvalue weighted by Gasteiger charge is -2.22. The van der Waals surface area contributed by atoms with Crippen molar-refractivity contribution in [2.24, 2.45) is 10.7 Å². The highest BCUT2D eigenvalue weighted by Crippen LogP contribution is 2.16. The van der Waals surface area contributed by atoms with Gasteiger partial charge in [-0.05, 0) is 30.0 Å². The van der Waals surface area contributed by atoms with Crippen molar-refractivity contribution in [2.75, 3.05) is 25.6 Å². The Balaban J connectivity index is 1.54. The van der Waals surface area contributed by atoms with E-state index in [1.165, 1.54) is 0 Å². The number of aliphatic imine (C=N–C) groups is 1. The van der Waals surface area contributed by atoms with Gasteiger partial charge in [-0.2, -0.15) is 0 Å². The molecule has 1 aliphatic heterocycles. The van der Waals surface area contributed by atoms with Gasteiger partial charge in [0.05, 0.1) is 25.9 Å². The molecule has 1 aliphatic rings. The number of nitrogens with zero attached hydrogens (tertiary/aromatic N) is 1. The number of ether oxygens (including phenoxy) is 3. The van der Waals surface area contributed by atoms with Gasteiger partial charge in [0.25, 0.3) is 0 Å². The molecule has 3 N–H and O–H groups in total. The molecule has 1 fully saturated rings. The highest BCUT2D eigenvalue weighted by atomic mass is 16.5. The molecule has 6 heteroatoms. The number of hydrogen-bond donors (Lipinski definition) is 2. The molecule has 1 saturated heterocycles. The summed E-state index contributed by atoms with van der Waals surface area (Å²) >= 11 is 0. The zero-order chi connectivity index (χ0) is 19.6. The maximum Gasteiger partial charge on any atom is 0.193 e. The topological polar surface area (TPSA) is 78.1 Å². The number of guanidine groups is 1. The number of hydrogen-bond acceptors (Lipinski definition) is 4. The van der Waals surface area contributed by atoms with Crippen LogP contribution in [-0.4, -0.2) is 32.4 Å². The minimum Gasteiger partial charge on any atom is -0.381 e. The number of benzene rings is 2. The standard InChI is InChI=1S/C22H29N3O3/c1-26-16-19-7-2-3-8-21(19)25-22(23)24-14-17-5-4-6-18(13-17)15-28-20-9-11-27-12-10-20/h2-8,13,20H,9-12,14-16H2,1H3,(H3,23,24,25). The van der Waals surface area contributed by atoms with Crippen LogP contribution in [0.4, 0.5) is 5.69 Å². The molecule has 0 aromatic heterocycles. The Morgan fingerprint density at radius 3 is 2.71 bits per heavy atom.